The highest BCUT2D eigenvalue weighted by Gasteiger charge is 2.24. The molecule has 254 valence electrons. The summed E-state index contributed by atoms with van der Waals surface area (Å²) < 4.78 is 37.3. The van der Waals surface area contributed by atoms with Crippen molar-refractivity contribution in [2.75, 3.05) is 7.11 Å². The summed E-state index contributed by atoms with van der Waals surface area (Å²) in [7, 11) is 1.57. The zero-order valence-electron chi connectivity index (χ0n) is 28.1. The van der Waals surface area contributed by atoms with Gasteiger partial charge in [0.1, 0.15) is 55.2 Å². The lowest BCUT2D eigenvalue weighted by molar-refractivity contribution is 0.245. The van der Waals surface area contributed by atoms with Gasteiger partial charge in [-0.2, -0.15) is 0 Å². The summed E-state index contributed by atoms with van der Waals surface area (Å²) in [6, 6.07) is 46.3. The number of benzene rings is 6. The lowest BCUT2D eigenvalue weighted by atomic mass is 10.0. The molecule has 0 aliphatic heterocycles. The summed E-state index contributed by atoms with van der Waals surface area (Å²) >= 11 is 0. The first kappa shape index (κ1) is 33.0. The molecule has 0 amide bonds. The van der Waals surface area contributed by atoms with Crippen molar-refractivity contribution in [1.82, 2.24) is 0 Å². The molecule has 0 N–H and O–H groups in total. The lowest BCUT2D eigenvalue weighted by Gasteiger charge is -2.19. The molecule has 0 saturated carbocycles. The second-order valence-corrected chi connectivity index (χ2v) is 11.8. The lowest BCUT2D eigenvalue weighted by Crippen LogP contribution is -2.10. The van der Waals surface area contributed by atoms with Crippen molar-refractivity contribution >= 4 is 11.0 Å². The molecule has 7 aromatic rings. The summed E-state index contributed by atoms with van der Waals surface area (Å²) in [5.41, 5.74) is 4.68. The summed E-state index contributed by atoms with van der Waals surface area (Å²) in [5.74, 6) is 2.05. The predicted molar refractivity (Wildman–Crippen MR) is 198 cm³/mol. The van der Waals surface area contributed by atoms with Gasteiger partial charge in [0.25, 0.3) is 0 Å². The smallest absolute Gasteiger partial charge is 0.204 e. The van der Waals surface area contributed by atoms with Gasteiger partial charge in [-0.1, -0.05) is 121 Å². The molecule has 1 heterocycles. The van der Waals surface area contributed by atoms with Gasteiger partial charge in [0, 0.05) is 17.7 Å². The average molecular weight is 677 g/mol. The summed E-state index contributed by atoms with van der Waals surface area (Å²) in [6.45, 7) is 1.08. The van der Waals surface area contributed by atoms with Gasteiger partial charge in [-0.15, -0.1) is 0 Å². The fourth-order valence-electron chi connectivity index (χ4n) is 5.71. The first-order valence-corrected chi connectivity index (χ1v) is 16.6. The van der Waals surface area contributed by atoms with E-state index in [0.717, 1.165) is 22.3 Å². The minimum Gasteiger partial charge on any atom is -0.493 e. The fraction of sp³-hybridized carbons (Fsp3) is 0.114. The molecule has 6 aromatic carbocycles. The van der Waals surface area contributed by atoms with E-state index in [9.17, 15) is 4.79 Å². The second-order valence-electron chi connectivity index (χ2n) is 11.8. The Labute approximate surface area is 296 Å². The van der Waals surface area contributed by atoms with Gasteiger partial charge in [-0.3, -0.25) is 4.79 Å². The van der Waals surface area contributed by atoms with Crippen LogP contribution in [0.5, 0.6) is 28.7 Å². The molecule has 7 rings (SSSR count). The Morgan fingerprint density at radius 2 is 0.980 bits per heavy atom. The van der Waals surface area contributed by atoms with Crippen molar-refractivity contribution < 1.29 is 28.1 Å². The van der Waals surface area contributed by atoms with E-state index in [2.05, 4.69) is 0 Å². The quantitative estimate of drug-likeness (QED) is 0.114. The van der Waals surface area contributed by atoms with E-state index in [-0.39, 0.29) is 36.2 Å². The van der Waals surface area contributed by atoms with E-state index >= 15 is 0 Å². The Kier molecular flexibility index (Phi) is 10.3. The van der Waals surface area contributed by atoms with E-state index in [1.807, 2.05) is 121 Å². The van der Waals surface area contributed by atoms with Crippen molar-refractivity contribution in [2.45, 2.75) is 26.4 Å². The predicted octanol–water partition coefficient (Wildman–Crippen LogP) is 9.78. The van der Waals surface area contributed by atoms with Crippen LogP contribution in [0.2, 0.25) is 0 Å². The largest absolute Gasteiger partial charge is 0.493 e. The van der Waals surface area contributed by atoms with Gasteiger partial charge < -0.3 is 28.1 Å². The molecular formula is C44H36O7. The van der Waals surface area contributed by atoms with Crippen LogP contribution in [-0.4, -0.2) is 7.11 Å². The van der Waals surface area contributed by atoms with Crippen molar-refractivity contribution in [3.8, 4) is 39.9 Å². The van der Waals surface area contributed by atoms with Crippen LogP contribution in [0.4, 0.5) is 0 Å². The van der Waals surface area contributed by atoms with Gasteiger partial charge in [0.15, 0.2) is 11.5 Å². The Bertz CT molecular complexity index is 2250. The minimum atomic E-state index is -0.294. The van der Waals surface area contributed by atoms with Gasteiger partial charge in [0.2, 0.25) is 11.2 Å². The van der Waals surface area contributed by atoms with Crippen LogP contribution in [0.1, 0.15) is 22.3 Å². The Morgan fingerprint density at radius 3 is 1.51 bits per heavy atom. The van der Waals surface area contributed by atoms with Crippen LogP contribution >= 0.6 is 0 Å². The number of methoxy groups -OCH3 is 1. The highest BCUT2D eigenvalue weighted by molar-refractivity contribution is 5.89. The summed E-state index contributed by atoms with van der Waals surface area (Å²) in [5, 5.41) is 0.284. The molecule has 0 unspecified atom stereocenters. The number of hydrogen-bond donors (Lipinski definition) is 0. The van der Waals surface area contributed by atoms with Gasteiger partial charge >= 0.3 is 0 Å². The third-order valence-corrected chi connectivity index (χ3v) is 8.34. The molecule has 0 fully saturated rings. The van der Waals surface area contributed by atoms with Crippen LogP contribution < -0.4 is 29.1 Å². The normalized spacial score (nSPS) is 10.8. The highest BCUT2D eigenvalue weighted by Crippen LogP contribution is 2.45. The maximum absolute atomic E-state index is 14.6. The zero-order valence-corrected chi connectivity index (χ0v) is 28.1. The van der Waals surface area contributed by atoms with E-state index in [1.54, 1.807) is 31.4 Å². The van der Waals surface area contributed by atoms with Crippen LogP contribution in [-0.2, 0) is 26.4 Å². The van der Waals surface area contributed by atoms with Crippen LogP contribution in [0.3, 0.4) is 0 Å². The number of fused-ring (bicyclic) bond motifs is 1. The number of ether oxygens (including phenoxy) is 5. The van der Waals surface area contributed by atoms with Crippen molar-refractivity contribution in [3.05, 3.63) is 184 Å². The first-order valence-electron chi connectivity index (χ1n) is 16.6. The molecule has 7 nitrogen and oxygen atoms in total. The standard InChI is InChI=1S/C44H36O7/c1-46-38-23-22-36(43(50-28-33-18-10-4-11-19-33)44(38)51-29-34-20-12-5-13-21-34)37-30-49-40-25-35(47-26-31-14-6-2-7-15-31)24-39(41(40)42(37)45)48-27-32-16-8-3-9-17-32/h2-25,30H,26-29H2,1H3. The third-order valence-electron chi connectivity index (χ3n) is 8.34. The zero-order chi connectivity index (χ0) is 34.8. The highest BCUT2D eigenvalue weighted by atomic mass is 16.5. The van der Waals surface area contributed by atoms with E-state index < -0.39 is 0 Å². The SMILES string of the molecule is COc1ccc(-c2coc3cc(OCc4ccccc4)cc(OCc4ccccc4)c3c2=O)c(OCc2ccccc2)c1OCc1ccccc1. The molecule has 7 heteroatoms. The van der Waals surface area contributed by atoms with Crippen LogP contribution in [0.25, 0.3) is 22.1 Å². The fourth-order valence-corrected chi connectivity index (χ4v) is 5.71. The molecule has 0 atom stereocenters. The minimum absolute atomic E-state index is 0.231. The van der Waals surface area contributed by atoms with Crippen LogP contribution in [0.15, 0.2) is 161 Å². The van der Waals surface area contributed by atoms with Crippen molar-refractivity contribution in [1.29, 1.82) is 0 Å². The first-order chi connectivity index (χ1) is 25.2. The molecule has 0 radical (unpaired) electrons. The van der Waals surface area contributed by atoms with E-state index in [4.69, 9.17) is 28.1 Å². The van der Waals surface area contributed by atoms with Crippen LogP contribution in [0, 0.1) is 0 Å². The maximum atomic E-state index is 14.6. The molecule has 0 spiro atoms. The molecular weight excluding hydrogens is 640 g/mol. The molecule has 51 heavy (non-hydrogen) atoms. The average Bonchev–Trinajstić information content (AvgIpc) is 3.19. The topological polar surface area (TPSA) is 76.4 Å². The summed E-state index contributed by atoms with van der Waals surface area (Å²) in [4.78, 5) is 14.6. The van der Waals surface area contributed by atoms with Crippen molar-refractivity contribution in [3.63, 3.8) is 0 Å². The third kappa shape index (κ3) is 7.89. The summed E-state index contributed by atoms with van der Waals surface area (Å²) in [6.07, 6.45) is 1.45. The Hall–Kier alpha value is -6.47. The Balaban J connectivity index is 1.32. The van der Waals surface area contributed by atoms with E-state index in [1.165, 1.54) is 6.26 Å². The molecule has 0 aliphatic rings. The molecule has 0 aliphatic carbocycles. The molecule has 0 bridgehead atoms. The van der Waals surface area contributed by atoms with Crippen molar-refractivity contribution in [2.24, 2.45) is 0 Å². The van der Waals surface area contributed by atoms with Gasteiger partial charge in [-0.25, -0.2) is 0 Å². The number of hydrogen-bond acceptors (Lipinski definition) is 7. The monoisotopic (exact) mass is 676 g/mol. The molecule has 1 aromatic heterocycles. The van der Waals surface area contributed by atoms with E-state index in [0.29, 0.717) is 46.5 Å². The van der Waals surface area contributed by atoms with Gasteiger partial charge in [-0.05, 0) is 34.4 Å². The molecule has 0 saturated heterocycles. The Morgan fingerprint density at radius 1 is 0.490 bits per heavy atom. The van der Waals surface area contributed by atoms with Gasteiger partial charge in [0.05, 0.1) is 12.7 Å². The number of rotatable bonds is 14. The maximum Gasteiger partial charge on any atom is 0.204 e. The second kappa shape index (κ2) is 15.8.